The van der Waals surface area contributed by atoms with Gasteiger partial charge in [-0.05, 0) is 70.6 Å². The smallest absolute Gasteiger partial charge is 0.306 e. The van der Waals surface area contributed by atoms with Gasteiger partial charge in [-0.1, -0.05) is 165 Å². The van der Waals surface area contributed by atoms with Crippen LogP contribution in [0.1, 0.15) is 200 Å². The maximum atomic E-state index is 13.0. The Labute approximate surface area is 427 Å². The summed E-state index contributed by atoms with van der Waals surface area (Å²) in [6.07, 6.45) is 31.3. The fraction of sp³-hybridized carbons (Fsp3) is 0.821. The molecule has 0 spiro atoms. The zero-order chi connectivity index (χ0) is 51.7. The highest BCUT2D eigenvalue weighted by Gasteiger charge is 2.47. The predicted octanol–water partition coefficient (Wildman–Crippen LogP) is 8.66. The second kappa shape index (κ2) is 42.8. The highest BCUT2D eigenvalue weighted by Crippen LogP contribution is 2.26. The molecule has 2 heterocycles. The molecule has 15 nitrogen and oxygen atoms in total. The number of hydrogen-bond donors (Lipinski definition) is 7. The van der Waals surface area contributed by atoms with Gasteiger partial charge in [0, 0.05) is 12.8 Å². The molecule has 11 atom stereocenters. The largest absolute Gasteiger partial charge is 0.462 e. The van der Waals surface area contributed by atoms with Gasteiger partial charge in [0.1, 0.15) is 55.4 Å². The van der Waals surface area contributed by atoms with E-state index in [9.17, 15) is 45.3 Å². The van der Waals surface area contributed by atoms with Gasteiger partial charge in [0.05, 0.1) is 19.8 Å². The van der Waals surface area contributed by atoms with Crippen molar-refractivity contribution < 1.29 is 73.8 Å². The number of rotatable bonds is 43. The Morgan fingerprint density at radius 1 is 0.465 bits per heavy atom. The van der Waals surface area contributed by atoms with Crippen molar-refractivity contribution in [1.29, 1.82) is 0 Å². The van der Waals surface area contributed by atoms with Crippen molar-refractivity contribution >= 4 is 11.9 Å². The summed E-state index contributed by atoms with van der Waals surface area (Å²) in [7, 11) is 0. The van der Waals surface area contributed by atoms with E-state index in [0.29, 0.717) is 12.8 Å². The lowest BCUT2D eigenvalue weighted by atomic mass is 9.98. The van der Waals surface area contributed by atoms with E-state index in [4.69, 9.17) is 28.4 Å². The molecule has 0 bridgehead atoms. The van der Waals surface area contributed by atoms with Gasteiger partial charge in [0.2, 0.25) is 0 Å². The lowest BCUT2D eigenvalue weighted by Crippen LogP contribution is -2.61. The van der Waals surface area contributed by atoms with Crippen molar-refractivity contribution in [2.24, 2.45) is 0 Å². The van der Waals surface area contributed by atoms with Gasteiger partial charge in [-0.15, -0.1) is 0 Å². The number of carbonyl (C=O) groups is 2. The molecule has 412 valence electrons. The number of aliphatic hydroxyl groups is 7. The van der Waals surface area contributed by atoms with Crippen molar-refractivity contribution in [2.75, 3.05) is 26.4 Å². The van der Waals surface area contributed by atoms with E-state index in [0.717, 1.165) is 89.9 Å². The van der Waals surface area contributed by atoms with E-state index in [1.54, 1.807) is 0 Å². The Morgan fingerprint density at radius 2 is 0.887 bits per heavy atom. The Kier molecular flexibility index (Phi) is 38.9. The standard InChI is InChI=1S/C56H98O15/c1-3-5-7-9-11-13-15-17-19-21-23-24-26-28-30-32-34-36-38-47(58)66-41-44(69-48(59)39-37-35-33-31-29-27-25-22-20-18-16-14-12-10-8-6-4-2)42-67-55-54(65)52(63)50(61)46(71-55)43-68-56-53(64)51(62)49(60)45(40-57)70-56/h6,8,12,14,18-21,44-46,49-57,60-65H,3-5,7,9-11,13,15-17,22-43H2,1-2H3/b8-6-,14-12-,20-18-,21-19-. The zero-order valence-electron chi connectivity index (χ0n) is 43.7. The molecule has 71 heavy (non-hydrogen) atoms. The summed E-state index contributed by atoms with van der Waals surface area (Å²) < 4.78 is 33.6. The molecule has 2 saturated heterocycles. The van der Waals surface area contributed by atoms with Crippen molar-refractivity contribution in [3.05, 3.63) is 48.6 Å². The summed E-state index contributed by atoms with van der Waals surface area (Å²) >= 11 is 0. The third-order valence-corrected chi connectivity index (χ3v) is 13.0. The van der Waals surface area contributed by atoms with Gasteiger partial charge >= 0.3 is 11.9 Å². The number of ether oxygens (including phenoxy) is 6. The molecule has 11 unspecified atom stereocenters. The average molecular weight is 1010 g/mol. The van der Waals surface area contributed by atoms with Gasteiger partial charge in [0.15, 0.2) is 18.7 Å². The highest BCUT2D eigenvalue weighted by atomic mass is 16.7. The van der Waals surface area contributed by atoms with Crippen molar-refractivity contribution in [2.45, 2.75) is 268 Å². The van der Waals surface area contributed by atoms with E-state index in [1.165, 1.54) is 70.6 Å². The second-order valence-electron chi connectivity index (χ2n) is 19.4. The van der Waals surface area contributed by atoms with E-state index in [2.05, 4.69) is 62.5 Å². The summed E-state index contributed by atoms with van der Waals surface area (Å²) in [4.78, 5) is 25.8. The first-order valence-corrected chi connectivity index (χ1v) is 27.7. The molecule has 0 aliphatic carbocycles. The maximum Gasteiger partial charge on any atom is 0.306 e. The number of unbranched alkanes of at least 4 members (excludes halogenated alkanes) is 21. The van der Waals surface area contributed by atoms with Crippen LogP contribution in [0.3, 0.4) is 0 Å². The normalized spacial score (nSPS) is 25.5. The molecule has 7 N–H and O–H groups in total. The molecule has 15 heteroatoms. The molecule has 2 rings (SSSR count). The summed E-state index contributed by atoms with van der Waals surface area (Å²) in [6, 6.07) is 0. The van der Waals surface area contributed by atoms with Crippen LogP contribution in [0.5, 0.6) is 0 Å². The molecular formula is C56H98O15. The average Bonchev–Trinajstić information content (AvgIpc) is 3.36. The van der Waals surface area contributed by atoms with Crippen molar-refractivity contribution in [3.63, 3.8) is 0 Å². The van der Waals surface area contributed by atoms with Crippen molar-refractivity contribution in [3.8, 4) is 0 Å². The van der Waals surface area contributed by atoms with E-state index < -0.39 is 92.7 Å². The third kappa shape index (κ3) is 30.4. The topological polar surface area (TPSA) is 231 Å². The van der Waals surface area contributed by atoms with Crippen LogP contribution >= 0.6 is 0 Å². The Balaban J connectivity index is 1.78. The van der Waals surface area contributed by atoms with Crippen molar-refractivity contribution in [1.82, 2.24) is 0 Å². The Hall–Kier alpha value is -2.54. The van der Waals surface area contributed by atoms with Crippen LogP contribution in [-0.4, -0.2) is 142 Å². The van der Waals surface area contributed by atoms with E-state index in [1.807, 2.05) is 0 Å². The Morgan fingerprint density at radius 3 is 1.41 bits per heavy atom. The predicted molar refractivity (Wildman–Crippen MR) is 275 cm³/mol. The van der Waals surface area contributed by atoms with Gasteiger partial charge in [0.25, 0.3) is 0 Å². The number of carbonyl (C=O) groups excluding carboxylic acids is 2. The first-order valence-electron chi connectivity index (χ1n) is 27.7. The quantitative estimate of drug-likeness (QED) is 0.0172. The molecular weight excluding hydrogens is 913 g/mol. The number of aliphatic hydroxyl groups excluding tert-OH is 7. The monoisotopic (exact) mass is 1010 g/mol. The number of esters is 2. The van der Waals surface area contributed by atoms with Crippen LogP contribution in [0.4, 0.5) is 0 Å². The molecule has 0 saturated carbocycles. The molecule has 2 aliphatic rings. The second-order valence-corrected chi connectivity index (χ2v) is 19.4. The van der Waals surface area contributed by atoms with Crippen LogP contribution < -0.4 is 0 Å². The van der Waals surface area contributed by atoms with Gasteiger partial charge in [-0.25, -0.2) is 0 Å². The fourth-order valence-corrected chi connectivity index (χ4v) is 8.52. The minimum Gasteiger partial charge on any atom is -0.462 e. The molecule has 0 aromatic carbocycles. The summed E-state index contributed by atoms with van der Waals surface area (Å²) in [5, 5.41) is 72.2. The van der Waals surface area contributed by atoms with E-state index in [-0.39, 0.29) is 26.1 Å². The summed E-state index contributed by atoms with van der Waals surface area (Å²) in [5.41, 5.74) is 0. The fourth-order valence-electron chi connectivity index (χ4n) is 8.52. The molecule has 0 amide bonds. The van der Waals surface area contributed by atoms with Gasteiger partial charge in [-0.3, -0.25) is 9.59 Å². The van der Waals surface area contributed by atoms with Crippen LogP contribution in [-0.2, 0) is 38.0 Å². The number of allylic oxidation sites excluding steroid dienone is 8. The molecule has 0 radical (unpaired) electrons. The summed E-state index contributed by atoms with van der Waals surface area (Å²) in [5.74, 6) is -0.939. The Bertz CT molecular complexity index is 1420. The van der Waals surface area contributed by atoms with E-state index >= 15 is 0 Å². The maximum absolute atomic E-state index is 13.0. The molecule has 0 aromatic heterocycles. The lowest BCUT2D eigenvalue weighted by molar-refractivity contribution is -0.332. The van der Waals surface area contributed by atoms with Gasteiger partial charge in [-0.2, -0.15) is 0 Å². The number of hydrogen-bond acceptors (Lipinski definition) is 15. The minimum atomic E-state index is -1.77. The first kappa shape index (κ1) is 64.6. The molecule has 2 aliphatic heterocycles. The van der Waals surface area contributed by atoms with Gasteiger partial charge < -0.3 is 64.2 Å². The van der Waals surface area contributed by atoms with Crippen LogP contribution in [0.15, 0.2) is 48.6 Å². The van der Waals surface area contributed by atoms with Crippen LogP contribution in [0, 0.1) is 0 Å². The summed E-state index contributed by atoms with van der Waals surface area (Å²) in [6.45, 7) is 2.48. The highest BCUT2D eigenvalue weighted by molar-refractivity contribution is 5.70. The van der Waals surface area contributed by atoms with Crippen LogP contribution in [0.25, 0.3) is 0 Å². The minimum absolute atomic E-state index is 0.152. The zero-order valence-corrected chi connectivity index (χ0v) is 43.7. The first-order chi connectivity index (χ1) is 34.5. The molecule has 0 aromatic rings. The SMILES string of the molecule is CC/C=C\C/C=C\C/C=C\CCCCCCCCCC(=O)OC(COC(=O)CCCCCCCCC/C=C\CCCCCCCCC)COC1OC(COC2OC(CO)C(O)C(O)C2O)C(O)C(O)C1O. The molecule has 2 fully saturated rings. The third-order valence-electron chi connectivity index (χ3n) is 13.0. The van der Waals surface area contributed by atoms with Crippen LogP contribution in [0.2, 0.25) is 0 Å². The lowest BCUT2D eigenvalue weighted by Gasteiger charge is -2.42.